The molecule has 20 heavy (non-hydrogen) atoms. The maximum Gasteiger partial charge on any atom is 0.176 e. The molecule has 1 aliphatic rings. The predicted molar refractivity (Wildman–Crippen MR) is 78.6 cm³/mol. The number of ketones is 1. The Morgan fingerprint density at radius 1 is 1.35 bits per heavy atom. The molecule has 106 valence electrons. The maximum atomic E-state index is 12.3. The molecule has 0 N–H and O–H groups in total. The number of Topliss-reactive ketones (excluding diaryl/α,β-unsaturated/α-hetero) is 1. The lowest BCUT2D eigenvalue weighted by Crippen LogP contribution is -2.52. The molecule has 1 aromatic rings. The van der Waals surface area contributed by atoms with Crippen LogP contribution < -0.4 is 0 Å². The Kier molecular flexibility index (Phi) is 4.89. The van der Waals surface area contributed by atoms with Crippen LogP contribution in [0.25, 0.3) is 0 Å². The number of rotatable bonds is 4. The first kappa shape index (κ1) is 14.7. The van der Waals surface area contributed by atoms with E-state index in [4.69, 9.17) is 5.26 Å². The lowest BCUT2D eigenvalue weighted by Gasteiger charge is -2.38. The standard InChI is InChI=1S/C16H21N3O/c1-3-15-11-19(9-8-18(15)2)12-16(20)14-6-4-13(10-17)5-7-14/h4-7,15H,3,8-9,11-12H2,1-2H3. The third-order valence-electron chi connectivity index (χ3n) is 4.04. The van der Waals surface area contributed by atoms with Gasteiger partial charge in [-0.2, -0.15) is 5.26 Å². The molecule has 2 rings (SSSR count). The van der Waals surface area contributed by atoms with Crippen LogP contribution in [0.2, 0.25) is 0 Å². The fraction of sp³-hybridized carbons (Fsp3) is 0.500. The van der Waals surface area contributed by atoms with Gasteiger partial charge in [0, 0.05) is 31.2 Å². The van der Waals surface area contributed by atoms with E-state index in [9.17, 15) is 4.79 Å². The normalized spacial score (nSPS) is 20.6. The van der Waals surface area contributed by atoms with E-state index < -0.39 is 0 Å². The van der Waals surface area contributed by atoms with Gasteiger partial charge < -0.3 is 4.90 Å². The lowest BCUT2D eigenvalue weighted by atomic mass is 10.1. The second-order valence-corrected chi connectivity index (χ2v) is 5.39. The molecule has 1 aromatic carbocycles. The van der Waals surface area contributed by atoms with Gasteiger partial charge in [-0.1, -0.05) is 19.1 Å². The molecule has 0 spiro atoms. The van der Waals surface area contributed by atoms with Gasteiger partial charge in [0.2, 0.25) is 0 Å². The molecule has 1 unspecified atom stereocenters. The summed E-state index contributed by atoms with van der Waals surface area (Å²) in [6.45, 7) is 5.56. The number of nitrogens with zero attached hydrogens (tertiary/aromatic N) is 3. The summed E-state index contributed by atoms with van der Waals surface area (Å²) >= 11 is 0. The summed E-state index contributed by atoms with van der Waals surface area (Å²) in [5.74, 6) is 0.133. The van der Waals surface area contributed by atoms with E-state index >= 15 is 0 Å². The first-order chi connectivity index (χ1) is 9.63. The first-order valence-electron chi connectivity index (χ1n) is 7.10. The van der Waals surface area contributed by atoms with Gasteiger partial charge in [0.15, 0.2) is 5.78 Å². The second kappa shape index (κ2) is 6.65. The second-order valence-electron chi connectivity index (χ2n) is 5.39. The molecule has 1 fully saturated rings. The molecule has 1 aliphatic heterocycles. The molecular weight excluding hydrogens is 250 g/mol. The highest BCUT2D eigenvalue weighted by Crippen LogP contribution is 2.12. The number of hydrogen-bond donors (Lipinski definition) is 0. The monoisotopic (exact) mass is 271 g/mol. The van der Waals surface area contributed by atoms with Gasteiger partial charge in [0.05, 0.1) is 18.2 Å². The van der Waals surface area contributed by atoms with Crippen LogP contribution in [0.4, 0.5) is 0 Å². The van der Waals surface area contributed by atoms with Crippen LogP contribution in [0.5, 0.6) is 0 Å². The third-order valence-corrected chi connectivity index (χ3v) is 4.04. The van der Waals surface area contributed by atoms with Crippen LogP contribution in [0.3, 0.4) is 0 Å². The molecule has 0 saturated carbocycles. The zero-order chi connectivity index (χ0) is 14.5. The molecule has 0 bridgehead atoms. The first-order valence-corrected chi connectivity index (χ1v) is 7.10. The van der Waals surface area contributed by atoms with Crippen molar-refractivity contribution in [3.8, 4) is 6.07 Å². The van der Waals surface area contributed by atoms with E-state index in [1.165, 1.54) is 0 Å². The van der Waals surface area contributed by atoms with Crippen molar-refractivity contribution < 1.29 is 4.79 Å². The number of hydrogen-bond acceptors (Lipinski definition) is 4. The van der Waals surface area contributed by atoms with Crippen LogP contribution in [-0.2, 0) is 0 Å². The van der Waals surface area contributed by atoms with Gasteiger partial charge in [-0.25, -0.2) is 0 Å². The van der Waals surface area contributed by atoms with E-state index in [1.807, 2.05) is 0 Å². The highest BCUT2D eigenvalue weighted by atomic mass is 16.1. The lowest BCUT2D eigenvalue weighted by molar-refractivity contribution is 0.0743. The van der Waals surface area contributed by atoms with Gasteiger partial charge >= 0.3 is 0 Å². The summed E-state index contributed by atoms with van der Waals surface area (Å²) in [7, 11) is 2.15. The zero-order valence-electron chi connectivity index (χ0n) is 12.2. The summed E-state index contributed by atoms with van der Waals surface area (Å²) in [6.07, 6.45) is 1.11. The Balaban J connectivity index is 1.95. The number of likely N-dealkylation sites (N-methyl/N-ethyl adjacent to an activating group) is 1. The topological polar surface area (TPSA) is 47.3 Å². The third kappa shape index (κ3) is 3.44. The van der Waals surface area contributed by atoms with Crippen LogP contribution >= 0.6 is 0 Å². The highest BCUT2D eigenvalue weighted by molar-refractivity contribution is 5.97. The number of carbonyl (C=O) groups is 1. The van der Waals surface area contributed by atoms with Gasteiger partial charge in [-0.05, 0) is 25.6 Å². The van der Waals surface area contributed by atoms with E-state index in [0.717, 1.165) is 26.1 Å². The average molecular weight is 271 g/mol. The molecule has 0 aliphatic carbocycles. The molecule has 4 nitrogen and oxygen atoms in total. The fourth-order valence-electron chi connectivity index (χ4n) is 2.62. The Hall–Kier alpha value is -1.70. The van der Waals surface area contributed by atoms with E-state index in [-0.39, 0.29) is 5.78 Å². The molecule has 0 aromatic heterocycles. The average Bonchev–Trinajstić information content (AvgIpc) is 2.49. The van der Waals surface area contributed by atoms with Crippen LogP contribution in [-0.4, -0.2) is 54.9 Å². The molecule has 1 atom stereocenters. The molecule has 0 radical (unpaired) electrons. The summed E-state index contributed by atoms with van der Waals surface area (Å²) in [5.41, 5.74) is 1.28. The number of piperazine rings is 1. The fourth-order valence-corrected chi connectivity index (χ4v) is 2.62. The SMILES string of the molecule is CCC1CN(CC(=O)c2ccc(C#N)cc2)CCN1C. The molecular formula is C16H21N3O. The Morgan fingerprint density at radius 3 is 2.65 bits per heavy atom. The van der Waals surface area contributed by atoms with Crippen LogP contribution in [0.1, 0.15) is 29.3 Å². The summed E-state index contributed by atoms with van der Waals surface area (Å²) in [6, 6.07) is 9.49. The Morgan fingerprint density at radius 2 is 2.05 bits per heavy atom. The smallest absolute Gasteiger partial charge is 0.176 e. The van der Waals surface area contributed by atoms with Crippen molar-refractivity contribution in [2.24, 2.45) is 0 Å². The molecule has 1 saturated heterocycles. The van der Waals surface area contributed by atoms with Crippen molar-refractivity contribution in [1.82, 2.24) is 9.80 Å². The van der Waals surface area contributed by atoms with Crippen molar-refractivity contribution in [2.75, 3.05) is 33.2 Å². The predicted octanol–water partition coefficient (Wildman–Crippen LogP) is 1.77. The summed E-state index contributed by atoms with van der Waals surface area (Å²) in [4.78, 5) is 16.8. The number of nitriles is 1. The van der Waals surface area contributed by atoms with E-state index in [0.29, 0.717) is 23.7 Å². The maximum absolute atomic E-state index is 12.3. The molecule has 4 heteroatoms. The van der Waals surface area contributed by atoms with Crippen molar-refractivity contribution in [3.63, 3.8) is 0 Å². The highest BCUT2D eigenvalue weighted by Gasteiger charge is 2.24. The summed E-state index contributed by atoms with van der Waals surface area (Å²) < 4.78 is 0. The quantitative estimate of drug-likeness (QED) is 0.783. The number of carbonyl (C=O) groups excluding carboxylic acids is 1. The van der Waals surface area contributed by atoms with Crippen molar-refractivity contribution in [3.05, 3.63) is 35.4 Å². The van der Waals surface area contributed by atoms with Gasteiger partial charge in [-0.15, -0.1) is 0 Å². The van der Waals surface area contributed by atoms with Crippen LogP contribution in [0, 0.1) is 11.3 Å². The largest absolute Gasteiger partial charge is 0.301 e. The zero-order valence-corrected chi connectivity index (χ0v) is 12.2. The van der Waals surface area contributed by atoms with Crippen molar-refractivity contribution in [1.29, 1.82) is 5.26 Å². The van der Waals surface area contributed by atoms with Gasteiger partial charge in [0.25, 0.3) is 0 Å². The van der Waals surface area contributed by atoms with E-state index in [2.05, 4.69) is 29.8 Å². The van der Waals surface area contributed by atoms with Crippen LogP contribution in [0.15, 0.2) is 24.3 Å². The number of benzene rings is 1. The van der Waals surface area contributed by atoms with E-state index in [1.54, 1.807) is 24.3 Å². The molecule has 0 amide bonds. The molecule has 1 heterocycles. The Bertz CT molecular complexity index is 503. The van der Waals surface area contributed by atoms with Gasteiger partial charge in [0.1, 0.15) is 0 Å². The van der Waals surface area contributed by atoms with Crippen molar-refractivity contribution in [2.45, 2.75) is 19.4 Å². The minimum absolute atomic E-state index is 0.133. The summed E-state index contributed by atoms with van der Waals surface area (Å²) in [5, 5.41) is 8.76. The Labute approximate surface area is 120 Å². The minimum Gasteiger partial charge on any atom is -0.301 e. The van der Waals surface area contributed by atoms with Crippen molar-refractivity contribution >= 4 is 5.78 Å². The van der Waals surface area contributed by atoms with Gasteiger partial charge in [-0.3, -0.25) is 9.69 Å². The minimum atomic E-state index is 0.133.